The molecule has 1 aromatic heterocycles. The van der Waals surface area contributed by atoms with Crippen molar-refractivity contribution in [3.05, 3.63) is 112 Å². The molecule has 4 aromatic rings. The van der Waals surface area contributed by atoms with Crippen LogP contribution in [0.25, 0.3) is 23.0 Å². The Morgan fingerprint density at radius 2 is 1.63 bits per heavy atom. The summed E-state index contributed by atoms with van der Waals surface area (Å²) in [6.07, 6.45) is 3.41. The molecule has 1 aliphatic rings. The number of carbonyl (C=O) groups excluding carboxylic acids is 2. The van der Waals surface area contributed by atoms with E-state index < -0.39 is 5.91 Å². The van der Waals surface area contributed by atoms with Crippen LogP contribution in [0.4, 0.5) is 4.39 Å². The average Bonchev–Trinajstić information content (AvgIpc) is 3.37. The highest BCUT2D eigenvalue weighted by molar-refractivity contribution is 9.10. The van der Waals surface area contributed by atoms with E-state index in [1.807, 2.05) is 30.3 Å². The van der Waals surface area contributed by atoms with Crippen LogP contribution < -0.4 is 5.32 Å². The van der Waals surface area contributed by atoms with Crippen LogP contribution in [0, 0.1) is 5.82 Å². The molecular weight excluding hydrogens is 551 g/mol. The van der Waals surface area contributed by atoms with Crippen LogP contribution in [-0.4, -0.2) is 52.8 Å². The molecule has 0 aliphatic carbocycles. The zero-order chi connectivity index (χ0) is 26.5. The second-order valence-electron chi connectivity index (χ2n) is 8.64. The summed E-state index contributed by atoms with van der Waals surface area (Å²) in [5.41, 5.74) is 3.14. The van der Waals surface area contributed by atoms with E-state index in [-0.39, 0.29) is 17.4 Å². The van der Waals surface area contributed by atoms with Crippen molar-refractivity contribution in [3.63, 3.8) is 0 Å². The number of hydrogen-bond acceptors (Lipinski definition) is 4. The summed E-state index contributed by atoms with van der Waals surface area (Å²) in [5.74, 6) is -1.10. The van der Waals surface area contributed by atoms with Gasteiger partial charge >= 0.3 is 0 Å². The maximum atomic E-state index is 13.7. The second-order valence-corrected chi connectivity index (χ2v) is 9.56. The highest BCUT2D eigenvalue weighted by atomic mass is 79.9. The van der Waals surface area contributed by atoms with Gasteiger partial charge in [-0.1, -0.05) is 34.1 Å². The van der Waals surface area contributed by atoms with Gasteiger partial charge in [-0.15, -0.1) is 0 Å². The lowest BCUT2D eigenvalue weighted by Gasteiger charge is -2.27. The van der Waals surface area contributed by atoms with Crippen LogP contribution in [0.15, 0.2) is 95.2 Å². The monoisotopic (exact) mass is 574 g/mol. The van der Waals surface area contributed by atoms with E-state index in [0.717, 1.165) is 10.2 Å². The third-order valence-corrected chi connectivity index (χ3v) is 6.59. The Hall–Kier alpha value is -4.08. The smallest absolute Gasteiger partial charge is 0.270 e. The van der Waals surface area contributed by atoms with E-state index in [2.05, 4.69) is 21.2 Å². The lowest BCUT2D eigenvalue weighted by atomic mass is 10.1. The molecule has 1 fully saturated rings. The first kappa shape index (κ1) is 25.6. The number of amides is 2. The van der Waals surface area contributed by atoms with Gasteiger partial charge in [-0.3, -0.25) is 9.59 Å². The summed E-state index contributed by atoms with van der Waals surface area (Å²) in [7, 11) is 0. The normalized spacial score (nSPS) is 13.8. The Labute approximate surface area is 227 Å². The molecule has 0 saturated carbocycles. The van der Waals surface area contributed by atoms with Gasteiger partial charge in [0, 0.05) is 40.4 Å². The molecule has 3 aromatic carbocycles. The second kappa shape index (κ2) is 11.5. The Kier molecular flexibility index (Phi) is 7.76. The van der Waals surface area contributed by atoms with Gasteiger partial charge in [-0.2, -0.15) is 5.10 Å². The number of hydrogen-bond donors (Lipinski definition) is 1. The fourth-order valence-electron chi connectivity index (χ4n) is 4.08. The maximum Gasteiger partial charge on any atom is 0.270 e. The zero-order valence-corrected chi connectivity index (χ0v) is 21.9. The van der Waals surface area contributed by atoms with E-state index in [0.29, 0.717) is 48.7 Å². The molecule has 0 radical (unpaired) electrons. The summed E-state index contributed by atoms with van der Waals surface area (Å²) >= 11 is 3.37. The predicted molar refractivity (Wildman–Crippen MR) is 146 cm³/mol. The van der Waals surface area contributed by atoms with Gasteiger partial charge in [-0.05, 0) is 66.7 Å². The first-order valence-corrected chi connectivity index (χ1v) is 12.8. The number of carbonyl (C=O) groups is 2. The molecular formula is C29H24BrFN4O3. The standard InChI is InChI=1S/C29H24BrFN4O3/c30-23-10-6-21(7-11-23)28(36)32-26(29(37)34-14-16-38-17-15-34)18-22-19-35(25-4-2-1-3-5-25)33-27(22)20-8-12-24(31)13-9-20/h1-13,18-19H,14-17H2,(H,32,36)/b26-18-. The van der Waals surface area contributed by atoms with Gasteiger partial charge in [0.25, 0.3) is 11.8 Å². The zero-order valence-electron chi connectivity index (χ0n) is 20.3. The van der Waals surface area contributed by atoms with Crippen LogP contribution >= 0.6 is 15.9 Å². The molecule has 9 heteroatoms. The van der Waals surface area contributed by atoms with Crippen molar-refractivity contribution in [2.24, 2.45) is 0 Å². The van der Waals surface area contributed by atoms with E-state index in [1.54, 1.807) is 58.3 Å². The first-order valence-electron chi connectivity index (χ1n) is 12.0. The Morgan fingerprint density at radius 3 is 2.32 bits per heavy atom. The Bertz CT molecular complexity index is 1460. The molecule has 0 atom stereocenters. The van der Waals surface area contributed by atoms with Crippen LogP contribution in [0.1, 0.15) is 15.9 Å². The summed E-state index contributed by atoms with van der Waals surface area (Å²) < 4.78 is 21.6. The minimum Gasteiger partial charge on any atom is -0.378 e. The number of morpholine rings is 1. The maximum absolute atomic E-state index is 13.7. The van der Waals surface area contributed by atoms with E-state index in [9.17, 15) is 14.0 Å². The number of aromatic nitrogens is 2. The Balaban J connectivity index is 1.58. The number of nitrogens with zero attached hydrogens (tertiary/aromatic N) is 3. The van der Waals surface area contributed by atoms with Gasteiger partial charge in [0.15, 0.2) is 0 Å². The van der Waals surface area contributed by atoms with Crippen LogP contribution in [0.3, 0.4) is 0 Å². The SMILES string of the molecule is O=C(N/C(=C\c1cn(-c2ccccc2)nc1-c1ccc(F)cc1)C(=O)N1CCOCC1)c1ccc(Br)cc1. The summed E-state index contributed by atoms with van der Waals surface area (Å²) in [6.45, 7) is 1.68. The number of halogens is 2. The predicted octanol–water partition coefficient (Wildman–Crippen LogP) is 5.07. The molecule has 1 aliphatic heterocycles. The fraction of sp³-hybridized carbons (Fsp3) is 0.138. The third-order valence-electron chi connectivity index (χ3n) is 6.06. The molecule has 1 saturated heterocycles. The summed E-state index contributed by atoms with van der Waals surface area (Å²) in [4.78, 5) is 28.4. The summed E-state index contributed by atoms with van der Waals surface area (Å²) in [6, 6.07) is 22.4. The minimum atomic E-state index is -0.413. The molecule has 38 heavy (non-hydrogen) atoms. The fourth-order valence-corrected chi connectivity index (χ4v) is 4.34. The van der Waals surface area contributed by atoms with Crippen molar-refractivity contribution in [1.82, 2.24) is 20.0 Å². The molecule has 1 N–H and O–H groups in total. The Morgan fingerprint density at radius 1 is 0.947 bits per heavy atom. The van der Waals surface area contributed by atoms with Gasteiger partial charge in [-0.25, -0.2) is 9.07 Å². The van der Waals surface area contributed by atoms with Crippen molar-refractivity contribution in [3.8, 4) is 16.9 Å². The molecule has 0 bridgehead atoms. The van der Waals surface area contributed by atoms with Crippen LogP contribution in [-0.2, 0) is 9.53 Å². The largest absolute Gasteiger partial charge is 0.378 e. The van der Waals surface area contributed by atoms with Crippen molar-refractivity contribution < 1.29 is 18.7 Å². The molecule has 5 rings (SSSR count). The van der Waals surface area contributed by atoms with E-state index in [4.69, 9.17) is 9.84 Å². The van der Waals surface area contributed by atoms with Crippen molar-refractivity contribution in [2.45, 2.75) is 0 Å². The minimum absolute atomic E-state index is 0.107. The van der Waals surface area contributed by atoms with Gasteiger partial charge < -0.3 is 15.0 Å². The van der Waals surface area contributed by atoms with Crippen LogP contribution in [0.5, 0.6) is 0 Å². The quantitative estimate of drug-likeness (QED) is 0.326. The summed E-state index contributed by atoms with van der Waals surface area (Å²) in [5, 5.41) is 7.55. The van der Waals surface area contributed by atoms with Gasteiger partial charge in [0.1, 0.15) is 17.2 Å². The molecule has 2 amide bonds. The topological polar surface area (TPSA) is 76.5 Å². The van der Waals surface area contributed by atoms with Gasteiger partial charge in [0.2, 0.25) is 0 Å². The van der Waals surface area contributed by atoms with Crippen molar-refractivity contribution in [2.75, 3.05) is 26.3 Å². The van der Waals surface area contributed by atoms with Crippen molar-refractivity contribution in [1.29, 1.82) is 0 Å². The number of ether oxygens (including phenoxy) is 1. The lowest BCUT2D eigenvalue weighted by Crippen LogP contribution is -2.44. The number of nitrogens with one attached hydrogen (secondary N) is 1. The number of benzene rings is 3. The molecule has 7 nitrogen and oxygen atoms in total. The number of rotatable bonds is 6. The van der Waals surface area contributed by atoms with Crippen molar-refractivity contribution >= 4 is 33.8 Å². The van der Waals surface area contributed by atoms with E-state index in [1.165, 1.54) is 12.1 Å². The highest BCUT2D eigenvalue weighted by Gasteiger charge is 2.24. The molecule has 2 heterocycles. The van der Waals surface area contributed by atoms with Gasteiger partial charge in [0.05, 0.1) is 18.9 Å². The number of para-hydroxylation sites is 1. The molecule has 0 spiro atoms. The molecule has 0 unspecified atom stereocenters. The highest BCUT2D eigenvalue weighted by Crippen LogP contribution is 2.26. The third kappa shape index (κ3) is 5.90. The van der Waals surface area contributed by atoms with Crippen LogP contribution in [0.2, 0.25) is 0 Å². The molecule has 192 valence electrons. The first-order chi connectivity index (χ1) is 18.5. The average molecular weight is 575 g/mol. The van der Waals surface area contributed by atoms with E-state index >= 15 is 0 Å². The lowest BCUT2D eigenvalue weighted by molar-refractivity contribution is -0.131.